The first kappa shape index (κ1) is 17.7. The van der Waals surface area contributed by atoms with Crippen molar-refractivity contribution in [1.29, 1.82) is 0 Å². The molecule has 0 saturated heterocycles. The van der Waals surface area contributed by atoms with Gasteiger partial charge < -0.3 is 9.84 Å². The van der Waals surface area contributed by atoms with Crippen LogP contribution in [0.25, 0.3) is 11.3 Å². The molecule has 28 heavy (non-hydrogen) atoms. The maximum atomic E-state index is 13.8. The Morgan fingerprint density at radius 2 is 1.89 bits per heavy atom. The predicted octanol–water partition coefficient (Wildman–Crippen LogP) is 4.17. The molecule has 140 valence electrons. The minimum Gasteiger partial charge on any atom is -0.355 e. The summed E-state index contributed by atoms with van der Waals surface area (Å²) < 4.78 is 20.7. The molecule has 2 heterocycles. The second-order valence-corrected chi connectivity index (χ2v) is 6.24. The Labute approximate surface area is 160 Å². The molecule has 0 bridgehead atoms. The van der Waals surface area contributed by atoms with E-state index in [0.29, 0.717) is 12.2 Å². The molecule has 1 N–H and O–H groups in total. The van der Waals surface area contributed by atoms with Gasteiger partial charge in [0.2, 0.25) is 0 Å². The Kier molecular flexibility index (Phi) is 4.97. The van der Waals surface area contributed by atoms with Crippen molar-refractivity contribution in [1.82, 2.24) is 14.9 Å². The van der Waals surface area contributed by atoms with Gasteiger partial charge in [-0.2, -0.15) is 5.10 Å². The zero-order valence-electron chi connectivity index (χ0n) is 14.9. The van der Waals surface area contributed by atoms with E-state index in [0.717, 1.165) is 6.42 Å². The van der Waals surface area contributed by atoms with E-state index in [1.165, 1.54) is 17.7 Å². The van der Waals surface area contributed by atoms with Crippen molar-refractivity contribution in [3.63, 3.8) is 0 Å². The molecule has 7 heteroatoms. The van der Waals surface area contributed by atoms with Crippen LogP contribution < -0.4 is 5.32 Å². The van der Waals surface area contributed by atoms with Crippen molar-refractivity contribution < 1.29 is 13.7 Å². The molecule has 2 aromatic carbocycles. The lowest BCUT2D eigenvalue weighted by atomic mass is 10.1. The molecule has 0 unspecified atom stereocenters. The number of halogens is 1. The van der Waals surface area contributed by atoms with Crippen LogP contribution in [0.3, 0.4) is 0 Å². The third-order valence-corrected chi connectivity index (χ3v) is 4.25. The number of aryl methyl sites for hydroxylation is 2. The Morgan fingerprint density at radius 3 is 2.71 bits per heavy atom. The first-order chi connectivity index (χ1) is 13.7. The lowest BCUT2D eigenvalue weighted by Gasteiger charge is -2.01. The Balaban J connectivity index is 1.39. The fourth-order valence-corrected chi connectivity index (χ4v) is 2.80. The van der Waals surface area contributed by atoms with Gasteiger partial charge in [-0.25, -0.2) is 4.39 Å². The summed E-state index contributed by atoms with van der Waals surface area (Å²) in [5.41, 5.74) is 2.08. The summed E-state index contributed by atoms with van der Waals surface area (Å²) in [7, 11) is 0. The Morgan fingerprint density at radius 1 is 1.11 bits per heavy atom. The number of hydrogen-bond donors (Lipinski definition) is 1. The molecule has 2 aromatic heterocycles. The summed E-state index contributed by atoms with van der Waals surface area (Å²) in [6.45, 7) is 0.696. The number of hydrogen-bond acceptors (Lipinski definition) is 4. The topological polar surface area (TPSA) is 73.0 Å². The first-order valence-corrected chi connectivity index (χ1v) is 8.78. The normalized spacial score (nSPS) is 10.8. The van der Waals surface area contributed by atoms with E-state index >= 15 is 0 Å². The number of nitrogens with one attached hydrogen (secondary N) is 1. The van der Waals surface area contributed by atoms with Crippen LogP contribution in [0.4, 0.5) is 10.1 Å². The quantitative estimate of drug-likeness (QED) is 0.548. The fourth-order valence-electron chi connectivity index (χ4n) is 2.80. The second-order valence-electron chi connectivity index (χ2n) is 6.24. The molecular weight excluding hydrogens is 359 g/mol. The number of carbonyl (C=O) groups is 1. The third kappa shape index (κ3) is 3.98. The van der Waals surface area contributed by atoms with Gasteiger partial charge in [-0.15, -0.1) is 0 Å². The number of benzene rings is 2. The molecule has 0 aliphatic heterocycles. The van der Waals surface area contributed by atoms with Crippen LogP contribution in [0.1, 0.15) is 16.1 Å². The van der Waals surface area contributed by atoms with E-state index in [2.05, 4.69) is 27.7 Å². The largest absolute Gasteiger partial charge is 0.355 e. The average molecular weight is 376 g/mol. The van der Waals surface area contributed by atoms with Crippen LogP contribution in [0.15, 0.2) is 77.6 Å². The summed E-state index contributed by atoms with van der Waals surface area (Å²) in [6, 6.07) is 17.7. The van der Waals surface area contributed by atoms with Gasteiger partial charge in [-0.3, -0.25) is 9.48 Å². The molecule has 0 radical (unpaired) electrons. The molecule has 4 aromatic rings. The van der Waals surface area contributed by atoms with Gasteiger partial charge in [0.15, 0.2) is 11.5 Å². The number of amides is 1. The molecular formula is C21H17FN4O2. The van der Waals surface area contributed by atoms with Crippen LogP contribution in [-0.2, 0) is 13.0 Å². The minimum atomic E-state index is -0.450. The highest BCUT2D eigenvalue weighted by atomic mass is 19.1. The van der Waals surface area contributed by atoms with Crippen molar-refractivity contribution in [3.05, 3.63) is 90.1 Å². The van der Waals surface area contributed by atoms with E-state index in [-0.39, 0.29) is 17.0 Å². The zero-order chi connectivity index (χ0) is 19.3. The zero-order valence-corrected chi connectivity index (χ0v) is 14.9. The van der Waals surface area contributed by atoms with E-state index in [1.54, 1.807) is 35.3 Å². The second kappa shape index (κ2) is 7.87. The maximum Gasteiger partial charge on any atom is 0.277 e. The maximum absolute atomic E-state index is 13.8. The van der Waals surface area contributed by atoms with Crippen LogP contribution >= 0.6 is 0 Å². The Bertz CT molecular complexity index is 1090. The van der Waals surface area contributed by atoms with E-state index in [1.807, 2.05) is 18.2 Å². The average Bonchev–Trinajstić information content (AvgIpc) is 3.37. The molecule has 0 saturated carbocycles. The van der Waals surface area contributed by atoms with Crippen molar-refractivity contribution in [2.75, 3.05) is 5.32 Å². The van der Waals surface area contributed by atoms with Gasteiger partial charge in [0.25, 0.3) is 5.91 Å². The van der Waals surface area contributed by atoms with Gasteiger partial charge in [-0.1, -0.05) is 47.6 Å². The highest BCUT2D eigenvalue weighted by molar-refractivity contribution is 6.03. The van der Waals surface area contributed by atoms with Crippen LogP contribution in [0, 0.1) is 5.82 Å². The number of carbonyl (C=O) groups excluding carboxylic acids is 1. The van der Waals surface area contributed by atoms with Crippen molar-refractivity contribution in [3.8, 4) is 11.3 Å². The fraction of sp³-hybridized carbons (Fsp3) is 0.0952. The molecule has 0 atom stereocenters. The van der Waals surface area contributed by atoms with Crippen LogP contribution in [-0.4, -0.2) is 20.8 Å². The standard InChI is InChI=1S/C21H17FN4O2/c22-18-9-5-4-8-17(18)20-12-19(25-28-20)21(27)24-16-13-23-26(14-16)11-10-15-6-2-1-3-7-15/h1-9,12-14H,10-11H2,(H,24,27). The van der Waals surface area contributed by atoms with Gasteiger partial charge in [0.1, 0.15) is 5.82 Å². The van der Waals surface area contributed by atoms with Crippen molar-refractivity contribution in [2.24, 2.45) is 0 Å². The molecule has 0 fully saturated rings. The minimum absolute atomic E-state index is 0.0651. The summed E-state index contributed by atoms with van der Waals surface area (Å²) >= 11 is 0. The van der Waals surface area contributed by atoms with E-state index in [9.17, 15) is 9.18 Å². The smallest absolute Gasteiger partial charge is 0.277 e. The molecule has 0 aliphatic rings. The highest BCUT2D eigenvalue weighted by Crippen LogP contribution is 2.23. The number of rotatable bonds is 6. The van der Waals surface area contributed by atoms with Gasteiger partial charge in [0, 0.05) is 18.8 Å². The molecule has 6 nitrogen and oxygen atoms in total. The monoisotopic (exact) mass is 376 g/mol. The first-order valence-electron chi connectivity index (χ1n) is 8.78. The molecule has 4 rings (SSSR count). The molecule has 0 spiro atoms. The molecule has 1 amide bonds. The van der Waals surface area contributed by atoms with Crippen LogP contribution in [0.2, 0.25) is 0 Å². The lowest BCUT2D eigenvalue weighted by Crippen LogP contribution is -2.11. The van der Waals surface area contributed by atoms with Gasteiger partial charge in [0.05, 0.1) is 17.4 Å². The van der Waals surface area contributed by atoms with Crippen LogP contribution in [0.5, 0.6) is 0 Å². The Hall–Kier alpha value is -3.74. The van der Waals surface area contributed by atoms with E-state index < -0.39 is 11.7 Å². The summed E-state index contributed by atoms with van der Waals surface area (Å²) in [4.78, 5) is 12.4. The number of nitrogens with zero attached hydrogens (tertiary/aromatic N) is 3. The van der Waals surface area contributed by atoms with Crippen molar-refractivity contribution >= 4 is 11.6 Å². The van der Waals surface area contributed by atoms with Gasteiger partial charge >= 0.3 is 0 Å². The highest BCUT2D eigenvalue weighted by Gasteiger charge is 2.16. The van der Waals surface area contributed by atoms with E-state index in [4.69, 9.17) is 4.52 Å². The van der Waals surface area contributed by atoms with Gasteiger partial charge in [-0.05, 0) is 24.1 Å². The lowest BCUT2D eigenvalue weighted by molar-refractivity contribution is 0.101. The summed E-state index contributed by atoms with van der Waals surface area (Å²) in [5, 5.41) is 10.7. The third-order valence-electron chi connectivity index (χ3n) is 4.25. The van der Waals surface area contributed by atoms with Crippen molar-refractivity contribution in [2.45, 2.75) is 13.0 Å². The number of anilines is 1. The predicted molar refractivity (Wildman–Crippen MR) is 102 cm³/mol. The summed E-state index contributed by atoms with van der Waals surface area (Å²) in [6.07, 6.45) is 4.16. The molecule has 0 aliphatic carbocycles. The SMILES string of the molecule is O=C(Nc1cnn(CCc2ccccc2)c1)c1cc(-c2ccccc2F)on1. The summed E-state index contributed by atoms with van der Waals surface area (Å²) in [5.74, 6) is -0.693. The number of aromatic nitrogens is 3.